The summed E-state index contributed by atoms with van der Waals surface area (Å²) in [5, 5.41) is 0. The van der Waals surface area contributed by atoms with Crippen molar-refractivity contribution in [1.82, 2.24) is 9.21 Å². The van der Waals surface area contributed by atoms with Gasteiger partial charge in [0.2, 0.25) is 10.0 Å². The number of hydrogen-bond donors (Lipinski definition) is 0. The Balaban J connectivity index is 1.62. The summed E-state index contributed by atoms with van der Waals surface area (Å²) in [5.41, 5.74) is 0.727. The van der Waals surface area contributed by atoms with Gasteiger partial charge in [0, 0.05) is 26.2 Å². The standard InChI is InChI=1S/C19H28N2O4S/c1-15-7-11-20(12-8-15)19(22)14-25-18-6-5-17(13-16(18)2)26(23,24)21-9-3-4-10-21/h5-6,13,15H,3-4,7-12,14H2,1-2H3. The number of carbonyl (C=O) groups is 1. The van der Waals surface area contributed by atoms with Crippen molar-refractivity contribution in [3.05, 3.63) is 23.8 Å². The van der Waals surface area contributed by atoms with E-state index < -0.39 is 10.0 Å². The highest BCUT2D eigenvalue weighted by Gasteiger charge is 2.27. The van der Waals surface area contributed by atoms with Crippen LogP contribution in [0.1, 0.15) is 38.2 Å². The van der Waals surface area contributed by atoms with Crippen LogP contribution >= 0.6 is 0 Å². The van der Waals surface area contributed by atoms with Gasteiger partial charge in [-0.1, -0.05) is 6.92 Å². The monoisotopic (exact) mass is 380 g/mol. The van der Waals surface area contributed by atoms with Gasteiger partial charge in [0.25, 0.3) is 5.91 Å². The molecule has 2 aliphatic rings. The predicted molar refractivity (Wildman–Crippen MR) is 99.6 cm³/mol. The molecule has 0 aromatic heterocycles. The van der Waals surface area contributed by atoms with E-state index in [9.17, 15) is 13.2 Å². The molecule has 0 unspecified atom stereocenters. The first-order valence-electron chi connectivity index (χ1n) is 9.39. The number of benzene rings is 1. The van der Waals surface area contributed by atoms with Gasteiger partial charge in [-0.25, -0.2) is 8.42 Å². The first-order valence-corrected chi connectivity index (χ1v) is 10.8. The second-order valence-corrected chi connectivity index (χ2v) is 9.33. The van der Waals surface area contributed by atoms with Crippen LogP contribution in [0, 0.1) is 12.8 Å². The number of amides is 1. The Kier molecular flexibility index (Phi) is 5.87. The zero-order chi connectivity index (χ0) is 18.7. The van der Waals surface area contributed by atoms with Gasteiger partial charge in [-0.2, -0.15) is 4.31 Å². The van der Waals surface area contributed by atoms with E-state index in [1.54, 1.807) is 18.2 Å². The number of piperidine rings is 1. The Morgan fingerprint density at radius 2 is 1.81 bits per heavy atom. The van der Waals surface area contributed by atoms with Crippen LogP contribution in [0.4, 0.5) is 0 Å². The number of rotatable bonds is 5. The molecule has 2 saturated heterocycles. The molecule has 0 atom stereocenters. The third-order valence-corrected chi connectivity index (χ3v) is 7.23. The molecule has 2 aliphatic heterocycles. The Hall–Kier alpha value is -1.60. The van der Waals surface area contributed by atoms with Crippen molar-refractivity contribution >= 4 is 15.9 Å². The van der Waals surface area contributed by atoms with Crippen LogP contribution in [0.3, 0.4) is 0 Å². The van der Waals surface area contributed by atoms with Crippen LogP contribution in [0.15, 0.2) is 23.1 Å². The first-order chi connectivity index (χ1) is 12.4. The van der Waals surface area contributed by atoms with E-state index in [0.29, 0.717) is 29.7 Å². The molecule has 2 heterocycles. The predicted octanol–water partition coefficient (Wildman–Crippen LogP) is 2.42. The molecular formula is C19H28N2O4S. The van der Waals surface area contributed by atoms with Crippen LogP contribution in [0.5, 0.6) is 5.75 Å². The molecule has 0 bridgehead atoms. The Bertz CT molecular complexity index is 749. The highest BCUT2D eigenvalue weighted by molar-refractivity contribution is 7.89. The molecule has 144 valence electrons. The largest absolute Gasteiger partial charge is 0.483 e. The topological polar surface area (TPSA) is 66.9 Å². The number of nitrogens with zero attached hydrogens (tertiary/aromatic N) is 2. The molecule has 7 heteroatoms. The van der Waals surface area contributed by atoms with Crippen molar-refractivity contribution in [2.45, 2.75) is 44.4 Å². The molecule has 1 aromatic carbocycles. The Labute approximate surface area is 156 Å². The summed E-state index contributed by atoms with van der Waals surface area (Å²) < 4.78 is 32.4. The van der Waals surface area contributed by atoms with E-state index in [0.717, 1.165) is 44.3 Å². The van der Waals surface area contributed by atoms with Crippen molar-refractivity contribution < 1.29 is 17.9 Å². The van der Waals surface area contributed by atoms with E-state index in [-0.39, 0.29) is 12.5 Å². The lowest BCUT2D eigenvalue weighted by atomic mass is 9.99. The van der Waals surface area contributed by atoms with Gasteiger partial charge in [-0.05, 0) is 62.3 Å². The van der Waals surface area contributed by atoms with Gasteiger partial charge in [-0.3, -0.25) is 4.79 Å². The van der Waals surface area contributed by atoms with Gasteiger partial charge < -0.3 is 9.64 Å². The van der Waals surface area contributed by atoms with Gasteiger partial charge >= 0.3 is 0 Å². The number of carbonyl (C=O) groups excluding carboxylic acids is 1. The van der Waals surface area contributed by atoms with Gasteiger partial charge in [0.1, 0.15) is 5.75 Å². The quantitative estimate of drug-likeness (QED) is 0.787. The fraction of sp³-hybridized carbons (Fsp3) is 0.632. The fourth-order valence-electron chi connectivity index (χ4n) is 3.51. The summed E-state index contributed by atoms with van der Waals surface area (Å²) >= 11 is 0. The second kappa shape index (κ2) is 7.96. The molecule has 1 amide bonds. The molecule has 0 saturated carbocycles. The normalized spacial score (nSPS) is 19.7. The number of ether oxygens (including phenoxy) is 1. The molecule has 3 rings (SSSR count). The minimum atomic E-state index is -3.43. The molecule has 0 N–H and O–H groups in total. The Morgan fingerprint density at radius 3 is 2.42 bits per heavy atom. The van der Waals surface area contributed by atoms with Gasteiger partial charge in [0.05, 0.1) is 4.90 Å². The number of sulfonamides is 1. The molecule has 0 radical (unpaired) electrons. The molecule has 0 aliphatic carbocycles. The highest BCUT2D eigenvalue weighted by Crippen LogP contribution is 2.26. The average Bonchev–Trinajstić information content (AvgIpc) is 3.16. The fourth-order valence-corrected chi connectivity index (χ4v) is 5.11. The van der Waals surface area contributed by atoms with Crippen molar-refractivity contribution in [2.24, 2.45) is 5.92 Å². The maximum absolute atomic E-state index is 12.6. The summed E-state index contributed by atoms with van der Waals surface area (Å²) in [6.45, 7) is 6.76. The zero-order valence-electron chi connectivity index (χ0n) is 15.6. The lowest BCUT2D eigenvalue weighted by Crippen LogP contribution is -2.40. The molecule has 26 heavy (non-hydrogen) atoms. The Morgan fingerprint density at radius 1 is 1.15 bits per heavy atom. The summed E-state index contributed by atoms with van der Waals surface area (Å²) in [6.07, 6.45) is 3.90. The number of aryl methyl sites for hydroxylation is 1. The molecule has 0 spiro atoms. The lowest BCUT2D eigenvalue weighted by molar-refractivity contribution is -0.134. The average molecular weight is 381 g/mol. The molecular weight excluding hydrogens is 352 g/mol. The summed E-state index contributed by atoms with van der Waals surface area (Å²) in [7, 11) is -3.43. The second-order valence-electron chi connectivity index (χ2n) is 7.39. The van der Waals surface area contributed by atoms with E-state index >= 15 is 0 Å². The smallest absolute Gasteiger partial charge is 0.260 e. The summed E-state index contributed by atoms with van der Waals surface area (Å²) in [6, 6.07) is 4.86. The minimum Gasteiger partial charge on any atom is -0.483 e. The van der Waals surface area contributed by atoms with E-state index in [1.165, 1.54) is 4.31 Å². The van der Waals surface area contributed by atoms with Crippen LogP contribution in [-0.4, -0.2) is 56.3 Å². The molecule has 6 nitrogen and oxygen atoms in total. The minimum absolute atomic E-state index is 0.00651. The van der Waals surface area contributed by atoms with Crippen LogP contribution < -0.4 is 4.74 Å². The maximum atomic E-state index is 12.6. The van der Waals surface area contributed by atoms with E-state index in [2.05, 4.69) is 6.92 Å². The van der Waals surface area contributed by atoms with Gasteiger partial charge in [0.15, 0.2) is 6.61 Å². The van der Waals surface area contributed by atoms with E-state index in [1.807, 2.05) is 11.8 Å². The molecule has 1 aromatic rings. The van der Waals surface area contributed by atoms with Crippen LogP contribution in [0.25, 0.3) is 0 Å². The number of likely N-dealkylation sites (tertiary alicyclic amines) is 1. The van der Waals surface area contributed by atoms with Crippen molar-refractivity contribution in [3.63, 3.8) is 0 Å². The number of hydrogen-bond acceptors (Lipinski definition) is 4. The molecule has 2 fully saturated rings. The van der Waals surface area contributed by atoms with E-state index in [4.69, 9.17) is 4.74 Å². The summed E-state index contributed by atoms with van der Waals surface area (Å²) in [4.78, 5) is 14.4. The SMILES string of the molecule is Cc1cc(S(=O)(=O)N2CCCC2)ccc1OCC(=O)N1CCC(C)CC1. The summed E-state index contributed by atoms with van der Waals surface area (Å²) in [5.74, 6) is 1.22. The van der Waals surface area contributed by atoms with Crippen LogP contribution in [-0.2, 0) is 14.8 Å². The lowest BCUT2D eigenvalue weighted by Gasteiger charge is -2.30. The third kappa shape index (κ3) is 4.20. The zero-order valence-corrected chi connectivity index (χ0v) is 16.4. The third-order valence-electron chi connectivity index (χ3n) is 5.34. The van der Waals surface area contributed by atoms with Gasteiger partial charge in [-0.15, -0.1) is 0 Å². The first kappa shape index (κ1) is 19.2. The van der Waals surface area contributed by atoms with Crippen molar-refractivity contribution in [2.75, 3.05) is 32.8 Å². The van der Waals surface area contributed by atoms with Crippen molar-refractivity contribution in [1.29, 1.82) is 0 Å². The van der Waals surface area contributed by atoms with Crippen LogP contribution in [0.2, 0.25) is 0 Å². The highest BCUT2D eigenvalue weighted by atomic mass is 32.2. The maximum Gasteiger partial charge on any atom is 0.260 e. The van der Waals surface area contributed by atoms with Crippen molar-refractivity contribution in [3.8, 4) is 5.75 Å².